The van der Waals surface area contributed by atoms with Crippen molar-refractivity contribution in [1.82, 2.24) is 5.32 Å². The van der Waals surface area contributed by atoms with Gasteiger partial charge in [-0.25, -0.2) is 0 Å². The van der Waals surface area contributed by atoms with Crippen LogP contribution in [0.3, 0.4) is 0 Å². The summed E-state index contributed by atoms with van der Waals surface area (Å²) in [6.45, 7) is -0.0609. The molecule has 1 aromatic rings. The van der Waals surface area contributed by atoms with Gasteiger partial charge in [0.1, 0.15) is 0 Å². The Hall–Kier alpha value is -1.57. The molecule has 1 rings (SSSR count). The molecule has 0 amide bonds. The van der Waals surface area contributed by atoms with Gasteiger partial charge in [0.2, 0.25) is 0 Å². The molecule has 4 heteroatoms. The van der Waals surface area contributed by atoms with Gasteiger partial charge >= 0.3 is 0 Å². The maximum Gasteiger partial charge on any atom is 0.0995 e. The molecule has 0 radical (unpaired) electrons. The van der Waals surface area contributed by atoms with E-state index in [0.717, 1.165) is 5.56 Å². The fourth-order valence-electron chi connectivity index (χ4n) is 1.32. The summed E-state index contributed by atoms with van der Waals surface area (Å²) < 4.78 is 0. The lowest BCUT2D eigenvalue weighted by Crippen LogP contribution is -2.21. The van der Waals surface area contributed by atoms with Crippen LogP contribution < -0.4 is 11.1 Å². The molecule has 14 heavy (non-hydrogen) atoms. The lowest BCUT2D eigenvalue weighted by molar-refractivity contribution is 0.251. The van der Waals surface area contributed by atoms with Gasteiger partial charge < -0.3 is 16.2 Å². The highest BCUT2D eigenvalue weighted by Crippen LogP contribution is 2.19. The van der Waals surface area contributed by atoms with Crippen LogP contribution in [0.15, 0.2) is 18.2 Å². The van der Waals surface area contributed by atoms with E-state index in [9.17, 15) is 0 Å². The number of nitrogen functional groups attached to an aromatic ring is 1. The maximum atomic E-state index is 9.08. The van der Waals surface area contributed by atoms with Crippen molar-refractivity contribution in [2.45, 2.75) is 6.04 Å². The monoisotopic (exact) mass is 191 g/mol. The molecule has 0 aliphatic heterocycles. The summed E-state index contributed by atoms with van der Waals surface area (Å²) in [7, 11) is 1.73. The first kappa shape index (κ1) is 10.5. The third kappa shape index (κ3) is 2.02. The SMILES string of the molecule is CN[C@H](CO)c1cc(N)ccc1C#N. The van der Waals surface area contributed by atoms with E-state index in [-0.39, 0.29) is 12.6 Å². The molecule has 0 fully saturated rings. The van der Waals surface area contributed by atoms with Crippen molar-refractivity contribution in [2.24, 2.45) is 0 Å². The van der Waals surface area contributed by atoms with E-state index in [0.29, 0.717) is 11.3 Å². The zero-order chi connectivity index (χ0) is 10.6. The Morgan fingerprint density at radius 2 is 2.36 bits per heavy atom. The Morgan fingerprint density at radius 3 is 2.86 bits per heavy atom. The number of hydrogen-bond donors (Lipinski definition) is 3. The molecule has 1 aromatic carbocycles. The van der Waals surface area contributed by atoms with Crippen molar-refractivity contribution in [2.75, 3.05) is 19.4 Å². The van der Waals surface area contributed by atoms with Crippen molar-refractivity contribution in [1.29, 1.82) is 5.26 Å². The molecule has 0 spiro atoms. The van der Waals surface area contributed by atoms with E-state index in [2.05, 4.69) is 11.4 Å². The molecule has 4 N–H and O–H groups in total. The Kier molecular flexibility index (Phi) is 3.46. The summed E-state index contributed by atoms with van der Waals surface area (Å²) in [5, 5.41) is 20.8. The predicted octanol–water partition coefficient (Wildman–Crippen LogP) is 0.393. The second-order valence-electron chi connectivity index (χ2n) is 2.98. The first-order valence-electron chi connectivity index (χ1n) is 4.30. The number of aliphatic hydroxyl groups excluding tert-OH is 1. The fraction of sp³-hybridized carbons (Fsp3) is 0.300. The molecule has 0 heterocycles. The van der Waals surface area contributed by atoms with Gasteiger partial charge in [0.05, 0.1) is 24.3 Å². The van der Waals surface area contributed by atoms with Gasteiger partial charge in [0.15, 0.2) is 0 Å². The van der Waals surface area contributed by atoms with Crippen LogP contribution in [0.25, 0.3) is 0 Å². The van der Waals surface area contributed by atoms with Gasteiger partial charge in [0.25, 0.3) is 0 Å². The average molecular weight is 191 g/mol. The quantitative estimate of drug-likeness (QED) is 0.604. The number of hydrogen-bond acceptors (Lipinski definition) is 4. The highest BCUT2D eigenvalue weighted by molar-refractivity contribution is 5.50. The van der Waals surface area contributed by atoms with Gasteiger partial charge in [-0.15, -0.1) is 0 Å². The minimum absolute atomic E-state index is 0.0609. The highest BCUT2D eigenvalue weighted by atomic mass is 16.3. The number of nitrogens with zero attached hydrogens (tertiary/aromatic N) is 1. The Labute approximate surface area is 83.0 Å². The minimum Gasteiger partial charge on any atom is -0.399 e. The second-order valence-corrected chi connectivity index (χ2v) is 2.98. The van der Waals surface area contributed by atoms with Crippen molar-refractivity contribution >= 4 is 5.69 Å². The number of rotatable bonds is 3. The van der Waals surface area contributed by atoms with Gasteiger partial charge in [-0.05, 0) is 30.8 Å². The van der Waals surface area contributed by atoms with Crippen LogP contribution >= 0.6 is 0 Å². The van der Waals surface area contributed by atoms with Gasteiger partial charge in [0, 0.05) is 5.69 Å². The van der Waals surface area contributed by atoms with Crippen LogP contribution in [0, 0.1) is 11.3 Å². The summed E-state index contributed by atoms with van der Waals surface area (Å²) >= 11 is 0. The highest BCUT2D eigenvalue weighted by Gasteiger charge is 2.12. The normalized spacial score (nSPS) is 12.1. The van der Waals surface area contributed by atoms with Crippen LogP contribution in [0.5, 0.6) is 0 Å². The molecular formula is C10H13N3O. The zero-order valence-electron chi connectivity index (χ0n) is 7.99. The largest absolute Gasteiger partial charge is 0.399 e. The molecule has 0 aliphatic carbocycles. The number of benzene rings is 1. The lowest BCUT2D eigenvalue weighted by Gasteiger charge is -2.15. The molecule has 0 bridgehead atoms. The smallest absolute Gasteiger partial charge is 0.0995 e. The molecule has 0 saturated heterocycles. The van der Waals surface area contributed by atoms with E-state index < -0.39 is 0 Å². The summed E-state index contributed by atoms with van der Waals surface area (Å²) in [6.07, 6.45) is 0. The summed E-state index contributed by atoms with van der Waals surface area (Å²) in [6, 6.07) is 6.86. The average Bonchev–Trinajstić information content (AvgIpc) is 2.20. The second kappa shape index (κ2) is 4.61. The number of likely N-dealkylation sites (N-methyl/N-ethyl adjacent to an activating group) is 1. The first-order valence-corrected chi connectivity index (χ1v) is 4.30. The van der Waals surface area contributed by atoms with Gasteiger partial charge in [-0.3, -0.25) is 0 Å². The third-order valence-electron chi connectivity index (χ3n) is 2.10. The molecule has 4 nitrogen and oxygen atoms in total. The number of nitriles is 1. The van der Waals surface area contributed by atoms with E-state index >= 15 is 0 Å². The van der Waals surface area contributed by atoms with Crippen LogP contribution in [-0.4, -0.2) is 18.8 Å². The van der Waals surface area contributed by atoms with Gasteiger partial charge in [-0.2, -0.15) is 5.26 Å². The summed E-state index contributed by atoms with van der Waals surface area (Å²) in [4.78, 5) is 0. The number of aliphatic hydroxyl groups is 1. The number of nitrogens with two attached hydrogens (primary N) is 1. The Balaban J connectivity index is 3.16. The van der Waals surface area contributed by atoms with Crippen LogP contribution in [0.1, 0.15) is 17.2 Å². The molecule has 0 aromatic heterocycles. The van der Waals surface area contributed by atoms with E-state index in [4.69, 9.17) is 16.1 Å². The lowest BCUT2D eigenvalue weighted by atomic mass is 10.0. The predicted molar refractivity (Wildman–Crippen MR) is 54.5 cm³/mol. The zero-order valence-corrected chi connectivity index (χ0v) is 7.99. The molecular weight excluding hydrogens is 178 g/mol. The first-order chi connectivity index (χ1) is 6.72. The number of nitrogens with one attached hydrogen (secondary N) is 1. The van der Waals surface area contributed by atoms with Crippen molar-refractivity contribution in [3.05, 3.63) is 29.3 Å². The van der Waals surface area contributed by atoms with Crippen LogP contribution in [0.4, 0.5) is 5.69 Å². The van der Waals surface area contributed by atoms with Crippen molar-refractivity contribution < 1.29 is 5.11 Å². The number of anilines is 1. The topological polar surface area (TPSA) is 82.1 Å². The van der Waals surface area contributed by atoms with E-state index in [1.165, 1.54) is 0 Å². The standard InChI is InChI=1S/C10H13N3O/c1-13-10(6-14)9-4-8(12)3-2-7(9)5-11/h2-4,10,13-14H,6,12H2,1H3/t10-/m1/s1. The Morgan fingerprint density at radius 1 is 1.64 bits per heavy atom. The van der Waals surface area contributed by atoms with Crippen LogP contribution in [0.2, 0.25) is 0 Å². The fourth-order valence-corrected chi connectivity index (χ4v) is 1.32. The Bertz CT molecular complexity index is 353. The molecule has 1 atom stereocenters. The summed E-state index contributed by atoms with van der Waals surface area (Å²) in [5.41, 5.74) is 7.47. The molecule has 0 aliphatic rings. The third-order valence-corrected chi connectivity index (χ3v) is 2.10. The maximum absolute atomic E-state index is 9.08. The molecule has 0 saturated carbocycles. The molecule has 0 unspecified atom stereocenters. The van der Waals surface area contributed by atoms with Gasteiger partial charge in [-0.1, -0.05) is 0 Å². The van der Waals surface area contributed by atoms with Crippen LogP contribution in [-0.2, 0) is 0 Å². The van der Waals surface area contributed by atoms with E-state index in [1.807, 2.05) is 0 Å². The minimum atomic E-state index is -0.242. The van der Waals surface area contributed by atoms with Crippen molar-refractivity contribution in [3.63, 3.8) is 0 Å². The van der Waals surface area contributed by atoms with Crippen molar-refractivity contribution in [3.8, 4) is 6.07 Å². The van der Waals surface area contributed by atoms with E-state index in [1.54, 1.807) is 25.2 Å². The summed E-state index contributed by atoms with van der Waals surface area (Å²) in [5.74, 6) is 0. The molecule has 74 valence electrons.